The number of hydrogen-bond donors (Lipinski definition) is 0. The van der Waals surface area contributed by atoms with Gasteiger partial charge in [-0.25, -0.2) is 0 Å². The number of rotatable bonds is 2. The smallest absolute Gasteiger partial charge is 0.303 e. The maximum Gasteiger partial charge on any atom is 0.303 e. The van der Waals surface area contributed by atoms with Crippen LogP contribution in [0.1, 0.15) is 71.1 Å². The fourth-order valence-corrected chi connectivity index (χ4v) is 3.66. The van der Waals surface area contributed by atoms with Crippen LogP contribution in [0.15, 0.2) is 0 Å². The topological polar surface area (TPSA) is 26.3 Å². The van der Waals surface area contributed by atoms with Gasteiger partial charge in [0.1, 0.15) is 5.60 Å². The first-order chi connectivity index (χ1) is 7.73. The molecule has 0 unspecified atom stereocenters. The predicted octanol–water partition coefficient (Wildman–Crippen LogP) is 3.83. The van der Waals surface area contributed by atoms with Crippen LogP contribution >= 0.6 is 0 Å². The van der Waals surface area contributed by atoms with E-state index in [2.05, 4.69) is 0 Å². The lowest BCUT2D eigenvalue weighted by atomic mass is 9.69. The third-order valence-corrected chi connectivity index (χ3v) is 4.40. The van der Waals surface area contributed by atoms with Gasteiger partial charge >= 0.3 is 5.97 Å². The first-order valence-corrected chi connectivity index (χ1v) is 6.92. The van der Waals surface area contributed by atoms with E-state index in [1.54, 1.807) is 6.92 Å². The fourth-order valence-electron chi connectivity index (χ4n) is 3.66. The van der Waals surface area contributed by atoms with Gasteiger partial charge in [0.05, 0.1) is 0 Å². The molecule has 0 radical (unpaired) electrons. The van der Waals surface area contributed by atoms with Crippen LogP contribution in [0.25, 0.3) is 0 Å². The van der Waals surface area contributed by atoms with Crippen molar-refractivity contribution >= 4 is 5.97 Å². The Morgan fingerprint density at radius 1 is 1.00 bits per heavy atom. The van der Waals surface area contributed by atoms with E-state index in [0.717, 1.165) is 12.8 Å². The molecule has 2 saturated carbocycles. The molecule has 0 aromatic heterocycles. The van der Waals surface area contributed by atoms with Crippen molar-refractivity contribution in [3.05, 3.63) is 0 Å². The van der Waals surface area contributed by atoms with E-state index in [4.69, 9.17) is 4.74 Å². The predicted molar refractivity (Wildman–Crippen MR) is 64.2 cm³/mol. The second-order valence-corrected chi connectivity index (χ2v) is 5.55. The monoisotopic (exact) mass is 224 g/mol. The van der Waals surface area contributed by atoms with Crippen molar-refractivity contribution < 1.29 is 9.53 Å². The van der Waals surface area contributed by atoms with Crippen molar-refractivity contribution in [1.82, 2.24) is 0 Å². The highest BCUT2D eigenvalue weighted by Crippen LogP contribution is 2.44. The van der Waals surface area contributed by atoms with Crippen LogP contribution < -0.4 is 0 Å². The molecule has 0 spiro atoms. The largest absolute Gasteiger partial charge is 0.459 e. The fraction of sp³-hybridized carbons (Fsp3) is 0.929. The zero-order chi connectivity index (χ0) is 11.4. The van der Waals surface area contributed by atoms with E-state index < -0.39 is 0 Å². The van der Waals surface area contributed by atoms with Crippen molar-refractivity contribution in [2.24, 2.45) is 5.92 Å². The molecule has 2 heteroatoms. The quantitative estimate of drug-likeness (QED) is 0.666. The van der Waals surface area contributed by atoms with Gasteiger partial charge in [-0.1, -0.05) is 25.7 Å². The molecule has 0 aliphatic heterocycles. The molecule has 0 heterocycles. The van der Waals surface area contributed by atoms with Crippen molar-refractivity contribution in [3.8, 4) is 0 Å². The zero-order valence-corrected chi connectivity index (χ0v) is 10.5. The van der Waals surface area contributed by atoms with Gasteiger partial charge in [0, 0.05) is 6.92 Å². The van der Waals surface area contributed by atoms with Gasteiger partial charge in [-0.05, 0) is 44.4 Å². The van der Waals surface area contributed by atoms with Gasteiger partial charge in [0.25, 0.3) is 0 Å². The molecule has 0 aromatic carbocycles. The maximum atomic E-state index is 11.3. The summed E-state index contributed by atoms with van der Waals surface area (Å²) in [5, 5.41) is 0. The highest BCUT2D eigenvalue weighted by Gasteiger charge is 2.42. The van der Waals surface area contributed by atoms with Crippen LogP contribution in [-0.4, -0.2) is 11.6 Å². The number of hydrogen-bond acceptors (Lipinski definition) is 2. The highest BCUT2D eigenvalue weighted by molar-refractivity contribution is 5.66. The summed E-state index contributed by atoms with van der Waals surface area (Å²) in [5.74, 6) is 0.568. The Balaban J connectivity index is 2.07. The average Bonchev–Trinajstić information content (AvgIpc) is 2.30. The first kappa shape index (κ1) is 11.9. The maximum absolute atomic E-state index is 11.3. The van der Waals surface area contributed by atoms with Gasteiger partial charge in [-0.3, -0.25) is 4.79 Å². The second kappa shape index (κ2) is 5.20. The molecule has 92 valence electrons. The van der Waals surface area contributed by atoms with Crippen LogP contribution in [0.2, 0.25) is 0 Å². The summed E-state index contributed by atoms with van der Waals surface area (Å²) in [7, 11) is 0. The van der Waals surface area contributed by atoms with Crippen molar-refractivity contribution in [2.45, 2.75) is 76.7 Å². The normalized spacial score (nSPS) is 26.3. The minimum Gasteiger partial charge on any atom is -0.459 e. The molecule has 0 amide bonds. The average molecular weight is 224 g/mol. The SMILES string of the molecule is CC(=O)OC1(C2CCCCC2)CCCCC1. The van der Waals surface area contributed by atoms with Crippen LogP contribution in [0, 0.1) is 5.92 Å². The van der Waals surface area contributed by atoms with Crippen molar-refractivity contribution in [2.75, 3.05) is 0 Å². The standard InChI is InChI=1S/C14H24O2/c1-12(15)16-14(10-6-3-7-11-14)13-8-4-2-5-9-13/h13H,2-11H2,1H3. The number of carbonyl (C=O) groups excluding carboxylic acids is 1. The third kappa shape index (κ3) is 2.58. The number of ether oxygens (including phenoxy) is 1. The minimum absolute atomic E-state index is 0.0764. The van der Waals surface area contributed by atoms with Crippen molar-refractivity contribution in [3.63, 3.8) is 0 Å². The number of esters is 1. The van der Waals surface area contributed by atoms with Crippen LogP contribution in [0.4, 0.5) is 0 Å². The van der Waals surface area contributed by atoms with Gasteiger partial charge in [0.2, 0.25) is 0 Å². The molecule has 2 nitrogen and oxygen atoms in total. The Morgan fingerprint density at radius 3 is 2.12 bits per heavy atom. The highest BCUT2D eigenvalue weighted by atomic mass is 16.6. The molecule has 0 saturated heterocycles. The van der Waals surface area contributed by atoms with Gasteiger partial charge in [-0.2, -0.15) is 0 Å². The Kier molecular flexibility index (Phi) is 3.88. The second-order valence-electron chi connectivity index (χ2n) is 5.55. The summed E-state index contributed by atoms with van der Waals surface area (Å²) < 4.78 is 5.78. The molecule has 2 rings (SSSR count). The summed E-state index contributed by atoms with van der Waals surface area (Å²) >= 11 is 0. The van der Waals surface area contributed by atoms with E-state index in [9.17, 15) is 4.79 Å². The van der Waals surface area contributed by atoms with Crippen LogP contribution in [0.5, 0.6) is 0 Å². The Labute approximate surface area is 98.7 Å². The molecule has 2 aliphatic rings. The van der Waals surface area contributed by atoms with E-state index >= 15 is 0 Å². The summed E-state index contributed by atoms with van der Waals surface area (Å²) in [5.41, 5.74) is -0.0789. The Hall–Kier alpha value is -0.530. The molecular formula is C14H24O2. The lowest BCUT2D eigenvalue weighted by molar-refractivity contribution is -0.170. The summed E-state index contributed by atoms with van der Waals surface area (Å²) in [6, 6.07) is 0. The van der Waals surface area contributed by atoms with E-state index in [-0.39, 0.29) is 11.6 Å². The van der Waals surface area contributed by atoms with Crippen molar-refractivity contribution in [1.29, 1.82) is 0 Å². The lowest BCUT2D eigenvalue weighted by Crippen LogP contribution is -2.44. The molecule has 0 bridgehead atoms. The summed E-state index contributed by atoms with van der Waals surface area (Å²) in [6.45, 7) is 1.57. The van der Waals surface area contributed by atoms with E-state index in [1.165, 1.54) is 51.4 Å². The van der Waals surface area contributed by atoms with Gasteiger partial charge in [0.15, 0.2) is 0 Å². The van der Waals surface area contributed by atoms with Gasteiger partial charge < -0.3 is 4.74 Å². The zero-order valence-electron chi connectivity index (χ0n) is 10.5. The van der Waals surface area contributed by atoms with Gasteiger partial charge in [-0.15, -0.1) is 0 Å². The first-order valence-electron chi connectivity index (χ1n) is 6.92. The molecular weight excluding hydrogens is 200 g/mol. The lowest BCUT2D eigenvalue weighted by Gasteiger charge is -2.44. The summed E-state index contributed by atoms with van der Waals surface area (Å²) in [6.07, 6.45) is 12.6. The minimum atomic E-state index is -0.0789. The summed E-state index contributed by atoms with van der Waals surface area (Å²) in [4.78, 5) is 11.3. The third-order valence-electron chi connectivity index (χ3n) is 4.40. The van der Waals surface area contributed by atoms with E-state index in [0.29, 0.717) is 5.92 Å². The van der Waals surface area contributed by atoms with Crippen LogP contribution in [0.3, 0.4) is 0 Å². The number of carbonyl (C=O) groups is 1. The molecule has 2 fully saturated rings. The Bertz CT molecular complexity index is 235. The molecule has 0 atom stereocenters. The molecule has 0 N–H and O–H groups in total. The molecule has 0 aromatic rings. The van der Waals surface area contributed by atoms with Crippen LogP contribution in [-0.2, 0) is 9.53 Å². The molecule has 2 aliphatic carbocycles. The molecule has 16 heavy (non-hydrogen) atoms. The van der Waals surface area contributed by atoms with E-state index in [1.807, 2.05) is 0 Å². The Morgan fingerprint density at radius 2 is 1.56 bits per heavy atom.